The number of benzene rings is 1. The number of carbonyl (C=O) groups excluding carboxylic acids is 3. The number of nitrogens with one attached hydrogen (secondary N) is 1. The number of methoxy groups -OCH3 is 2. The van der Waals surface area contributed by atoms with Gasteiger partial charge in [0.05, 0.1) is 33.3 Å². The van der Waals surface area contributed by atoms with Crippen molar-refractivity contribution in [2.45, 2.75) is 32.2 Å². The highest BCUT2D eigenvalue weighted by molar-refractivity contribution is 5.97. The first-order chi connectivity index (χ1) is 12.5. The van der Waals surface area contributed by atoms with E-state index in [9.17, 15) is 14.4 Å². The van der Waals surface area contributed by atoms with Crippen molar-refractivity contribution in [2.24, 2.45) is 0 Å². The van der Waals surface area contributed by atoms with Crippen LogP contribution in [-0.4, -0.2) is 51.2 Å². The number of nitrogens with zero attached hydrogens (tertiary/aromatic N) is 1. The van der Waals surface area contributed by atoms with Crippen LogP contribution in [0.15, 0.2) is 18.2 Å². The van der Waals surface area contributed by atoms with E-state index in [2.05, 4.69) is 5.32 Å². The standard InChI is InChI=1S/C18H24N2O6/c1-4-26-18(23)8-7-16(21)19-12-9-17(22)20(11-12)13-5-6-14(24-2)15(10-13)25-3/h5-6,10,12H,4,7-9,11H2,1-3H3,(H,19,21)/t12-/m1/s1. The Morgan fingerprint density at radius 2 is 1.92 bits per heavy atom. The molecule has 0 unspecified atom stereocenters. The highest BCUT2D eigenvalue weighted by Crippen LogP contribution is 2.33. The predicted molar refractivity (Wildman–Crippen MR) is 94.3 cm³/mol. The van der Waals surface area contributed by atoms with Crippen molar-refractivity contribution in [1.29, 1.82) is 0 Å². The monoisotopic (exact) mass is 364 g/mol. The number of hydrogen-bond acceptors (Lipinski definition) is 6. The molecule has 2 amide bonds. The van der Waals surface area contributed by atoms with Gasteiger partial charge in [0.25, 0.3) is 0 Å². The van der Waals surface area contributed by atoms with Crippen LogP contribution >= 0.6 is 0 Å². The first-order valence-corrected chi connectivity index (χ1v) is 8.45. The third-order valence-electron chi connectivity index (χ3n) is 4.03. The topological polar surface area (TPSA) is 94.2 Å². The van der Waals surface area contributed by atoms with Gasteiger partial charge in [-0.25, -0.2) is 0 Å². The number of anilines is 1. The molecule has 1 N–H and O–H groups in total. The molecule has 8 heteroatoms. The van der Waals surface area contributed by atoms with Crippen LogP contribution in [0.4, 0.5) is 5.69 Å². The Morgan fingerprint density at radius 1 is 1.19 bits per heavy atom. The van der Waals surface area contributed by atoms with E-state index in [4.69, 9.17) is 14.2 Å². The van der Waals surface area contributed by atoms with Gasteiger partial charge in [-0.15, -0.1) is 0 Å². The first-order valence-electron chi connectivity index (χ1n) is 8.45. The molecule has 1 aliphatic heterocycles. The summed E-state index contributed by atoms with van der Waals surface area (Å²) < 4.78 is 15.2. The molecule has 0 bridgehead atoms. The average molecular weight is 364 g/mol. The van der Waals surface area contributed by atoms with Crippen LogP contribution in [0.25, 0.3) is 0 Å². The summed E-state index contributed by atoms with van der Waals surface area (Å²) in [6.07, 6.45) is 0.277. The predicted octanol–water partition coefficient (Wildman–Crippen LogP) is 1.27. The van der Waals surface area contributed by atoms with E-state index in [0.29, 0.717) is 23.7 Å². The summed E-state index contributed by atoms with van der Waals surface area (Å²) >= 11 is 0. The Hall–Kier alpha value is -2.77. The Morgan fingerprint density at radius 3 is 2.58 bits per heavy atom. The van der Waals surface area contributed by atoms with Crippen LogP contribution < -0.4 is 19.7 Å². The minimum absolute atomic E-state index is 0.0275. The maximum atomic E-state index is 12.3. The molecule has 0 aliphatic carbocycles. The zero-order chi connectivity index (χ0) is 19.1. The molecule has 1 atom stereocenters. The second-order valence-corrected chi connectivity index (χ2v) is 5.82. The maximum absolute atomic E-state index is 12.3. The third kappa shape index (κ3) is 4.87. The van der Waals surface area contributed by atoms with E-state index in [0.717, 1.165) is 0 Å². The summed E-state index contributed by atoms with van der Waals surface area (Å²) in [7, 11) is 3.07. The maximum Gasteiger partial charge on any atom is 0.306 e. The lowest BCUT2D eigenvalue weighted by Crippen LogP contribution is -2.37. The van der Waals surface area contributed by atoms with E-state index in [1.807, 2.05) is 0 Å². The normalized spacial score (nSPS) is 16.3. The van der Waals surface area contributed by atoms with Crippen molar-refractivity contribution in [2.75, 3.05) is 32.3 Å². The van der Waals surface area contributed by atoms with Crippen molar-refractivity contribution in [3.63, 3.8) is 0 Å². The summed E-state index contributed by atoms with van der Waals surface area (Å²) in [6, 6.07) is 4.92. The molecule has 26 heavy (non-hydrogen) atoms. The fourth-order valence-electron chi connectivity index (χ4n) is 2.80. The van der Waals surface area contributed by atoms with Crippen LogP contribution in [0.5, 0.6) is 11.5 Å². The molecule has 0 spiro atoms. The van der Waals surface area contributed by atoms with Gasteiger partial charge >= 0.3 is 5.97 Å². The minimum Gasteiger partial charge on any atom is -0.493 e. The molecule has 1 aliphatic rings. The molecule has 1 fully saturated rings. The molecule has 2 rings (SSSR count). The average Bonchev–Trinajstić information content (AvgIpc) is 2.99. The van der Waals surface area contributed by atoms with Gasteiger partial charge in [-0.2, -0.15) is 0 Å². The largest absolute Gasteiger partial charge is 0.493 e. The van der Waals surface area contributed by atoms with E-state index >= 15 is 0 Å². The van der Waals surface area contributed by atoms with Crippen LogP contribution in [0, 0.1) is 0 Å². The lowest BCUT2D eigenvalue weighted by molar-refractivity contribution is -0.144. The van der Waals surface area contributed by atoms with Gasteiger partial charge < -0.3 is 24.4 Å². The second-order valence-electron chi connectivity index (χ2n) is 5.82. The number of ether oxygens (including phenoxy) is 3. The quantitative estimate of drug-likeness (QED) is 0.698. The van der Waals surface area contributed by atoms with Gasteiger partial charge in [0.2, 0.25) is 11.8 Å². The Kier molecular flexibility index (Phi) is 6.82. The minimum atomic E-state index is -0.405. The van der Waals surface area contributed by atoms with Crippen molar-refractivity contribution in [1.82, 2.24) is 5.32 Å². The van der Waals surface area contributed by atoms with E-state index in [1.165, 1.54) is 7.11 Å². The molecule has 8 nitrogen and oxygen atoms in total. The molecular weight excluding hydrogens is 340 g/mol. The Balaban J connectivity index is 1.94. The van der Waals surface area contributed by atoms with Crippen molar-refractivity contribution >= 4 is 23.5 Å². The zero-order valence-corrected chi connectivity index (χ0v) is 15.2. The number of carbonyl (C=O) groups is 3. The lowest BCUT2D eigenvalue weighted by Gasteiger charge is -2.19. The van der Waals surface area contributed by atoms with Crippen molar-refractivity contribution in [3.05, 3.63) is 18.2 Å². The molecule has 0 aromatic heterocycles. The van der Waals surface area contributed by atoms with Crippen LogP contribution in [0.2, 0.25) is 0 Å². The van der Waals surface area contributed by atoms with E-state index in [-0.39, 0.29) is 43.7 Å². The summed E-state index contributed by atoms with van der Waals surface area (Å²) in [5, 5.41) is 2.79. The molecule has 1 saturated heterocycles. The molecule has 142 valence electrons. The Labute approximate surface area is 152 Å². The SMILES string of the molecule is CCOC(=O)CCC(=O)N[C@@H]1CC(=O)N(c2ccc(OC)c(OC)c2)C1. The number of rotatable bonds is 8. The van der Waals surface area contributed by atoms with Gasteiger partial charge in [-0.3, -0.25) is 14.4 Å². The molecule has 0 radical (unpaired) electrons. The zero-order valence-electron chi connectivity index (χ0n) is 15.2. The van der Waals surface area contributed by atoms with Crippen LogP contribution in [0.1, 0.15) is 26.2 Å². The number of hydrogen-bond donors (Lipinski definition) is 1. The Bertz CT molecular complexity index is 676. The molecular formula is C18H24N2O6. The molecule has 1 aromatic rings. The lowest BCUT2D eigenvalue weighted by atomic mass is 10.2. The summed E-state index contributed by atoms with van der Waals surface area (Å²) in [6.45, 7) is 2.36. The summed E-state index contributed by atoms with van der Waals surface area (Å²) in [5.74, 6) is 0.335. The molecule has 0 saturated carbocycles. The van der Waals surface area contributed by atoms with Crippen LogP contribution in [0.3, 0.4) is 0 Å². The molecule has 1 heterocycles. The number of esters is 1. The van der Waals surface area contributed by atoms with E-state index in [1.54, 1.807) is 37.1 Å². The highest BCUT2D eigenvalue weighted by Gasteiger charge is 2.32. The van der Waals surface area contributed by atoms with Crippen LogP contribution in [-0.2, 0) is 19.1 Å². The highest BCUT2D eigenvalue weighted by atomic mass is 16.5. The first kappa shape index (κ1) is 19.6. The van der Waals surface area contributed by atoms with Gasteiger partial charge in [-0.05, 0) is 19.1 Å². The van der Waals surface area contributed by atoms with Gasteiger partial charge in [-0.1, -0.05) is 0 Å². The van der Waals surface area contributed by atoms with Gasteiger partial charge in [0.1, 0.15) is 0 Å². The van der Waals surface area contributed by atoms with Gasteiger partial charge in [0.15, 0.2) is 11.5 Å². The molecule has 1 aromatic carbocycles. The summed E-state index contributed by atoms with van der Waals surface area (Å²) in [4.78, 5) is 37.2. The third-order valence-corrected chi connectivity index (χ3v) is 4.03. The fourth-order valence-corrected chi connectivity index (χ4v) is 2.80. The number of amides is 2. The smallest absolute Gasteiger partial charge is 0.306 e. The van der Waals surface area contributed by atoms with Gasteiger partial charge in [0, 0.05) is 31.1 Å². The van der Waals surface area contributed by atoms with Crippen molar-refractivity contribution in [3.8, 4) is 11.5 Å². The summed E-state index contributed by atoms with van der Waals surface area (Å²) in [5.41, 5.74) is 0.677. The van der Waals surface area contributed by atoms with Crippen molar-refractivity contribution < 1.29 is 28.6 Å². The second kappa shape index (κ2) is 9.07. The van der Waals surface area contributed by atoms with E-state index < -0.39 is 5.97 Å². The fraction of sp³-hybridized carbons (Fsp3) is 0.500.